The third-order valence-electron chi connectivity index (χ3n) is 5.28. The van der Waals surface area contributed by atoms with E-state index in [2.05, 4.69) is 15.9 Å². The first kappa shape index (κ1) is 19.0. The summed E-state index contributed by atoms with van der Waals surface area (Å²) in [6.45, 7) is 0. The van der Waals surface area contributed by atoms with Crippen molar-refractivity contribution in [2.24, 2.45) is 11.0 Å². The fourth-order valence-electron chi connectivity index (χ4n) is 3.94. The van der Waals surface area contributed by atoms with Crippen molar-refractivity contribution in [3.63, 3.8) is 0 Å². The van der Waals surface area contributed by atoms with Crippen LogP contribution in [0.3, 0.4) is 0 Å². The highest BCUT2D eigenvalue weighted by molar-refractivity contribution is 9.10. The maximum atomic E-state index is 13.5. The van der Waals surface area contributed by atoms with E-state index in [1.54, 1.807) is 29.3 Å². The second-order valence-corrected chi connectivity index (χ2v) is 8.44. The van der Waals surface area contributed by atoms with Gasteiger partial charge >= 0.3 is 0 Å². The fourth-order valence-corrected chi connectivity index (χ4v) is 4.39. The molecule has 0 bridgehead atoms. The standard InChI is InChI=1S/C23H15BrClN3O2/c24-15-11-9-14(10-12-15)20-19-21(28(26-20)17-6-2-1-3-7-17)23(30)27(22(19)29)18-8-4-5-16(25)13-18/h1-13,19,21H. The molecule has 2 aliphatic rings. The van der Waals surface area contributed by atoms with Crippen LogP contribution in [-0.2, 0) is 9.59 Å². The minimum atomic E-state index is -0.738. The van der Waals surface area contributed by atoms with Crippen LogP contribution in [0.15, 0.2) is 88.4 Å². The summed E-state index contributed by atoms with van der Waals surface area (Å²) in [5.74, 6) is -1.31. The molecular formula is C23H15BrClN3O2. The molecule has 0 radical (unpaired) electrons. The van der Waals surface area contributed by atoms with Gasteiger partial charge in [0.05, 0.1) is 17.1 Å². The predicted octanol–water partition coefficient (Wildman–Crippen LogP) is 4.89. The predicted molar refractivity (Wildman–Crippen MR) is 121 cm³/mol. The monoisotopic (exact) mass is 479 g/mol. The van der Waals surface area contributed by atoms with Gasteiger partial charge in [-0.1, -0.05) is 63.9 Å². The van der Waals surface area contributed by atoms with Crippen molar-refractivity contribution in [2.75, 3.05) is 9.91 Å². The van der Waals surface area contributed by atoms with Gasteiger partial charge in [0.2, 0.25) is 5.91 Å². The first-order valence-electron chi connectivity index (χ1n) is 9.37. The van der Waals surface area contributed by atoms with E-state index in [9.17, 15) is 9.59 Å². The molecular weight excluding hydrogens is 466 g/mol. The first-order valence-corrected chi connectivity index (χ1v) is 10.5. The number of amides is 2. The molecule has 2 atom stereocenters. The van der Waals surface area contributed by atoms with Gasteiger partial charge < -0.3 is 0 Å². The van der Waals surface area contributed by atoms with Gasteiger partial charge in [0.1, 0.15) is 12.0 Å². The van der Waals surface area contributed by atoms with Crippen LogP contribution in [-0.4, -0.2) is 23.6 Å². The highest BCUT2D eigenvalue weighted by atomic mass is 79.9. The summed E-state index contributed by atoms with van der Waals surface area (Å²) in [5, 5.41) is 6.85. The summed E-state index contributed by atoms with van der Waals surface area (Å²) >= 11 is 9.55. The Morgan fingerprint density at radius 1 is 0.833 bits per heavy atom. The normalized spacial score (nSPS) is 20.5. The number of hydrazone groups is 1. The van der Waals surface area contributed by atoms with Crippen molar-refractivity contribution >= 4 is 56.4 Å². The maximum absolute atomic E-state index is 13.5. The smallest absolute Gasteiger partial charge is 0.259 e. The maximum Gasteiger partial charge on any atom is 0.259 e. The number of halogens is 2. The Balaban J connectivity index is 1.64. The molecule has 0 saturated carbocycles. The van der Waals surface area contributed by atoms with E-state index in [0.717, 1.165) is 15.7 Å². The average molecular weight is 481 g/mol. The molecule has 0 spiro atoms. The van der Waals surface area contributed by atoms with E-state index in [1.807, 2.05) is 54.6 Å². The third-order valence-corrected chi connectivity index (χ3v) is 6.04. The summed E-state index contributed by atoms with van der Waals surface area (Å²) in [7, 11) is 0. The van der Waals surface area contributed by atoms with E-state index in [-0.39, 0.29) is 11.8 Å². The van der Waals surface area contributed by atoms with Crippen molar-refractivity contribution in [3.05, 3.63) is 93.9 Å². The number of fused-ring (bicyclic) bond motifs is 1. The molecule has 2 unspecified atom stereocenters. The molecule has 0 N–H and O–H groups in total. The highest BCUT2D eigenvalue weighted by Crippen LogP contribution is 2.39. The average Bonchev–Trinajstić information content (AvgIpc) is 3.26. The quantitative estimate of drug-likeness (QED) is 0.502. The minimum Gasteiger partial charge on any atom is -0.273 e. The molecule has 3 aromatic rings. The van der Waals surface area contributed by atoms with Crippen molar-refractivity contribution < 1.29 is 9.59 Å². The molecule has 30 heavy (non-hydrogen) atoms. The van der Waals surface area contributed by atoms with Gasteiger partial charge in [0, 0.05) is 9.50 Å². The van der Waals surface area contributed by atoms with E-state index in [1.165, 1.54) is 4.90 Å². The molecule has 5 nitrogen and oxygen atoms in total. The zero-order valence-electron chi connectivity index (χ0n) is 15.6. The lowest BCUT2D eigenvalue weighted by Gasteiger charge is -2.22. The lowest BCUT2D eigenvalue weighted by atomic mass is 9.93. The first-order chi connectivity index (χ1) is 14.5. The lowest BCUT2D eigenvalue weighted by Crippen LogP contribution is -2.39. The summed E-state index contributed by atoms with van der Waals surface area (Å²) in [6, 6.07) is 23.1. The van der Waals surface area contributed by atoms with Crippen LogP contribution < -0.4 is 9.91 Å². The summed E-state index contributed by atoms with van der Waals surface area (Å²) < 4.78 is 0.927. The Hall–Kier alpha value is -2.96. The second-order valence-electron chi connectivity index (χ2n) is 7.09. The molecule has 1 saturated heterocycles. The van der Waals surface area contributed by atoms with Gasteiger partial charge in [0.25, 0.3) is 5.91 Å². The van der Waals surface area contributed by atoms with Crippen LogP contribution >= 0.6 is 27.5 Å². The molecule has 148 valence electrons. The topological polar surface area (TPSA) is 53.0 Å². The third kappa shape index (κ3) is 3.04. The van der Waals surface area contributed by atoms with Crippen molar-refractivity contribution in [1.29, 1.82) is 0 Å². The van der Waals surface area contributed by atoms with Gasteiger partial charge in [-0.25, -0.2) is 4.90 Å². The molecule has 0 aromatic heterocycles. The minimum absolute atomic E-state index is 0.299. The van der Waals surface area contributed by atoms with E-state index in [4.69, 9.17) is 16.7 Å². The van der Waals surface area contributed by atoms with Crippen LogP contribution in [0, 0.1) is 5.92 Å². The van der Waals surface area contributed by atoms with Gasteiger partial charge in [-0.3, -0.25) is 14.6 Å². The molecule has 1 fully saturated rings. The highest BCUT2D eigenvalue weighted by Gasteiger charge is 2.57. The van der Waals surface area contributed by atoms with E-state index < -0.39 is 12.0 Å². The Morgan fingerprint density at radius 3 is 2.23 bits per heavy atom. The number of carbonyl (C=O) groups is 2. The van der Waals surface area contributed by atoms with Crippen molar-refractivity contribution in [2.45, 2.75) is 6.04 Å². The number of anilines is 2. The van der Waals surface area contributed by atoms with E-state index in [0.29, 0.717) is 16.4 Å². The summed E-state index contributed by atoms with van der Waals surface area (Å²) in [6.07, 6.45) is 0. The number of hydrogen-bond donors (Lipinski definition) is 0. The number of benzene rings is 3. The SMILES string of the molecule is O=C1C2C(c3ccc(Br)cc3)=NN(c3ccccc3)C2C(=O)N1c1cccc(Cl)c1. The molecule has 2 heterocycles. The Morgan fingerprint density at radius 2 is 1.53 bits per heavy atom. The number of hydrogen-bond acceptors (Lipinski definition) is 4. The number of nitrogens with zero attached hydrogens (tertiary/aromatic N) is 3. The van der Waals surface area contributed by atoms with Crippen molar-refractivity contribution in [1.82, 2.24) is 0 Å². The van der Waals surface area contributed by atoms with E-state index >= 15 is 0 Å². The lowest BCUT2D eigenvalue weighted by molar-refractivity contribution is -0.121. The van der Waals surface area contributed by atoms with Crippen LogP contribution in [0.2, 0.25) is 5.02 Å². The number of imide groups is 1. The van der Waals surface area contributed by atoms with Crippen LogP contribution in [0.4, 0.5) is 11.4 Å². The molecule has 2 amide bonds. The zero-order valence-corrected chi connectivity index (χ0v) is 17.9. The molecule has 7 heteroatoms. The Bertz CT molecular complexity index is 1180. The Kier molecular flexibility index (Phi) is 4.68. The second kappa shape index (κ2) is 7.38. The number of carbonyl (C=O) groups excluding carboxylic acids is 2. The number of rotatable bonds is 3. The van der Waals surface area contributed by atoms with Crippen LogP contribution in [0.1, 0.15) is 5.56 Å². The van der Waals surface area contributed by atoms with Crippen LogP contribution in [0.5, 0.6) is 0 Å². The van der Waals surface area contributed by atoms with Gasteiger partial charge in [-0.05, 0) is 48.0 Å². The molecule has 0 aliphatic carbocycles. The van der Waals surface area contributed by atoms with Crippen molar-refractivity contribution in [3.8, 4) is 0 Å². The Labute approximate surface area is 186 Å². The summed E-state index contributed by atoms with van der Waals surface area (Å²) in [5.41, 5.74) is 2.61. The molecule has 3 aromatic carbocycles. The summed E-state index contributed by atoms with van der Waals surface area (Å²) in [4.78, 5) is 28.2. The molecule has 2 aliphatic heterocycles. The van der Waals surface area contributed by atoms with Crippen LogP contribution in [0.25, 0.3) is 0 Å². The molecule has 5 rings (SSSR count). The van der Waals surface area contributed by atoms with Gasteiger partial charge in [-0.15, -0.1) is 0 Å². The van der Waals surface area contributed by atoms with Gasteiger partial charge in [-0.2, -0.15) is 5.10 Å². The largest absolute Gasteiger partial charge is 0.273 e. The van der Waals surface area contributed by atoms with Gasteiger partial charge in [0.15, 0.2) is 0 Å². The zero-order chi connectivity index (χ0) is 20.8. The number of para-hydroxylation sites is 1. The fraction of sp³-hybridized carbons (Fsp3) is 0.0870.